The second kappa shape index (κ2) is 4.73. The zero-order chi connectivity index (χ0) is 11.5. The van der Waals surface area contributed by atoms with Gasteiger partial charge in [0.05, 0.1) is 17.3 Å². The van der Waals surface area contributed by atoms with E-state index in [9.17, 15) is 0 Å². The monoisotopic (exact) mass is 235 g/mol. The van der Waals surface area contributed by atoms with E-state index in [1.54, 1.807) is 12.1 Å². The number of rotatable bonds is 3. The first kappa shape index (κ1) is 11.3. The molecular weight excluding hydrogens is 222 g/mol. The molecule has 1 heterocycles. The molecular formula is C12H14ClN3. The van der Waals surface area contributed by atoms with E-state index in [1.165, 1.54) is 0 Å². The van der Waals surface area contributed by atoms with Crippen LogP contribution in [-0.2, 0) is 0 Å². The highest BCUT2D eigenvalue weighted by atomic mass is 35.5. The Bertz CT molecular complexity index is 421. The van der Waals surface area contributed by atoms with Crippen LogP contribution < -0.4 is 10.2 Å². The first-order valence-corrected chi connectivity index (χ1v) is 5.81. The van der Waals surface area contributed by atoms with Gasteiger partial charge in [-0.05, 0) is 25.1 Å². The third kappa shape index (κ3) is 1.99. The van der Waals surface area contributed by atoms with Crippen molar-refractivity contribution in [2.24, 2.45) is 0 Å². The molecule has 1 aromatic rings. The van der Waals surface area contributed by atoms with E-state index in [0.717, 1.165) is 25.3 Å². The predicted molar refractivity (Wildman–Crippen MR) is 65.8 cm³/mol. The van der Waals surface area contributed by atoms with Crippen molar-refractivity contribution < 1.29 is 0 Å². The molecule has 0 unspecified atom stereocenters. The molecule has 1 aliphatic rings. The molecule has 1 aliphatic heterocycles. The van der Waals surface area contributed by atoms with E-state index in [4.69, 9.17) is 16.9 Å². The maximum absolute atomic E-state index is 9.09. The number of halogens is 1. The predicted octanol–water partition coefficient (Wildman–Crippen LogP) is 2.01. The molecule has 0 bridgehead atoms. The van der Waals surface area contributed by atoms with Crippen LogP contribution in [0.2, 0.25) is 5.02 Å². The molecule has 0 aliphatic carbocycles. The number of nitriles is 1. The molecule has 0 amide bonds. The van der Waals surface area contributed by atoms with E-state index in [-0.39, 0.29) is 0 Å². The van der Waals surface area contributed by atoms with Gasteiger partial charge in [-0.2, -0.15) is 5.26 Å². The molecule has 16 heavy (non-hydrogen) atoms. The number of hydrogen-bond acceptors (Lipinski definition) is 3. The van der Waals surface area contributed by atoms with Crippen molar-refractivity contribution in [2.75, 3.05) is 24.5 Å². The number of nitrogens with zero attached hydrogens (tertiary/aromatic N) is 2. The maximum Gasteiger partial charge on any atom is 0.101 e. The Morgan fingerprint density at radius 2 is 2.31 bits per heavy atom. The van der Waals surface area contributed by atoms with Gasteiger partial charge < -0.3 is 10.2 Å². The van der Waals surface area contributed by atoms with Crippen molar-refractivity contribution >= 4 is 17.3 Å². The summed E-state index contributed by atoms with van der Waals surface area (Å²) in [6.07, 6.45) is 0. The van der Waals surface area contributed by atoms with Gasteiger partial charge in [-0.15, -0.1) is 0 Å². The zero-order valence-electron chi connectivity index (χ0n) is 9.20. The molecule has 0 atom stereocenters. The molecule has 3 nitrogen and oxygen atoms in total. The van der Waals surface area contributed by atoms with E-state index in [1.807, 2.05) is 6.07 Å². The first-order valence-electron chi connectivity index (χ1n) is 5.43. The molecule has 1 N–H and O–H groups in total. The van der Waals surface area contributed by atoms with Crippen molar-refractivity contribution in [3.05, 3.63) is 28.8 Å². The fourth-order valence-electron chi connectivity index (χ4n) is 1.96. The smallest absolute Gasteiger partial charge is 0.101 e. The highest BCUT2D eigenvalue weighted by Crippen LogP contribution is 2.26. The summed E-state index contributed by atoms with van der Waals surface area (Å²) in [7, 11) is 0. The van der Waals surface area contributed by atoms with Gasteiger partial charge in [-0.3, -0.25) is 0 Å². The van der Waals surface area contributed by atoms with Gasteiger partial charge in [0.2, 0.25) is 0 Å². The Labute approximate surface area is 101 Å². The number of nitrogens with one attached hydrogen (secondary N) is 1. The molecule has 1 fully saturated rings. The lowest BCUT2D eigenvalue weighted by atomic mass is 10.1. The average molecular weight is 236 g/mol. The van der Waals surface area contributed by atoms with Crippen molar-refractivity contribution in [3.8, 4) is 6.07 Å². The third-order valence-electron chi connectivity index (χ3n) is 2.93. The normalized spacial score (nSPS) is 15.3. The summed E-state index contributed by atoms with van der Waals surface area (Å²) in [5.41, 5.74) is 1.64. The van der Waals surface area contributed by atoms with Gasteiger partial charge in [0.1, 0.15) is 6.07 Å². The quantitative estimate of drug-likeness (QED) is 0.871. The highest BCUT2D eigenvalue weighted by molar-refractivity contribution is 6.30. The largest absolute Gasteiger partial charge is 0.365 e. The summed E-state index contributed by atoms with van der Waals surface area (Å²) in [6.45, 7) is 4.94. The van der Waals surface area contributed by atoms with Crippen LogP contribution in [-0.4, -0.2) is 25.7 Å². The van der Waals surface area contributed by atoms with Crippen molar-refractivity contribution in [1.29, 1.82) is 5.26 Å². The summed E-state index contributed by atoms with van der Waals surface area (Å²) in [4.78, 5) is 2.24. The number of anilines is 1. The van der Waals surface area contributed by atoms with E-state index in [2.05, 4.69) is 23.2 Å². The lowest BCUT2D eigenvalue weighted by molar-refractivity contribution is 0.417. The van der Waals surface area contributed by atoms with Gasteiger partial charge in [-0.25, -0.2) is 0 Å². The van der Waals surface area contributed by atoms with Crippen LogP contribution in [0.15, 0.2) is 18.2 Å². The Balaban J connectivity index is 2.35. The molecule has 2 rings (SSSR count). The zero-order valence-corrected chi connectivity index (χ0v) is 9.96. The summed E-state index contributed by atoms with van der Waals surface area (Å²) in [6, 6.07) is 8.12. The van der Waals surface area contributed by atoms with Crippen LogP contribution in [0.5, 0.6) is 0 Å². The van der Waals surface area contributed by atoms with Crippen molar-refractivity contribution in [3.63, 3.8) is 0 Å². The molecule has 84 valence electrons. The van der Waals surface area contributed by atoms with Crippen LogP contribution in [0.1, 0.15) is 12.5 Å². The Morgan fingerprint density at radius 3 is 2.81 bits per heavy atom. The van der Waals surface area contributed by atoms with E-state index in [0.29, 0.717) is 16.6 Å². The molecule has 1 saturated heterocycles. The Morgan fingerprint density at radius 1 is 1.56 bits per heavy atom. The SMILES string of the molecule is CCN(c1cc(Cl)ccc1C#N)C1CNC1. The van der Waals surface area contributed by atoms with Crippen LogP contribution in [0.25, 0.3) is 0 Å². The van der Waals surface area contributed by atoms with Gasteiger partial charge in [-0.1, -0.05) is 11.6 Å². The van der Waals surface area contributed by atoms with Gasteiger partial charge in [0.15, 0.2) is 0 Å². The highest BCUT2D eigenvalue weighted by Gasteiger charge is 2.25. The first-order chi connectivity index (χ1) is 7.76. The Hall–Kier alpha value is -1.24. The molecule has 0 aromatic heterocycles. The molecule has 1 aromatic carbocycles. The van der Waals surface area contributed by atoms with Gasteiger partial charge in [0, 0.05) is 24.7 Å². The molecule has 0 radical (unpaired) electrons. The van der Waals surface area contributed by atoms with E-state index >= 15 is 0 Å². The topological polar surface area (TPSA) is 39.1 Å². The number of hydrogen-bond donors (Lipinski definition) is 1. The lowest BCUT2D eigenvalue weighted by Crippen LogP contribution is -2.57. The third-order valence-corrected chi connectivity index (χ3v) is 3.17. The second-order valence-electron chi connectivity index (χ2n) is 3.87. The second-order valence-corrected chi connectivity index (χ2v) is 4.31. The standard InChI is InChI=1S/C12H14ClN3/c1-2-16(11-7-15-8-11)12-5-10(13)4-3-9(12)6-14/h3-5,11,15H,2,7-8H2,1H3. The van der Waals surface area contributed by atoms with Crippen LogP contribution in [0.3, 0.4) is 0 Å². The summed E-state index contributed by atoms with van der Waals surface area (Å²) in [5.74, 6) is 0. The van der Waals surface area contributed by atoms with Crippen LogP contribution in [0.4, 0.5) is 5.69 Å². The number of likely N-dealkylation sites (N-methyl/N-ethyl adjacent to an activating group) is 1. The summed E-state index contributed by atoms with van der Waals surface area (Å²) in [5, 5.41) is 13.0. The molecule has 0 spiro atoms. The van der Waals surface area contributed by atoms with E-state index < -0.39 is 0 Å². The van der Waals surface area contributed by atoms with Crippen molar-refractivity contribution in [2.45, 2.75) is 13.0 Å². The molecule has 0 saturated carbocycles. The Kier molecular flexibility index (Phi) is 3.33. The minimum absolute atomic E-state index is 0.482. The van der Waals surface area contributed by atoms with Gasteiger partial charge >= 0.3 is 0 Å². The van der Waals surface area contributed by atoms with Crippen LogP contribution >= 0.6 is 11.6 Å². The maximum atomic E-state index is 9.09. The van der Waals surface area contributed by atoms with Crippen LogP contribution in [0, 0.1) is 11.3 Å². The average Bonchev–Trinajstić information content (AvgIpc) is 2.23. The fourth-order valence-corrected chi connectivity index (χ4v) is 2.12. The van der Waals surface area contributed by atoms with Gasteiger partial charge in [0.25, 0.3) is 0 Å². The minimum Gasteiger partial charge on any atom is -0.365 e. The lowest BCUT2D eigenvalue weighted by Gasteiger charge is -2.39. The minimum atomic E-state index is 0.482. The summed E-state index contributed by atoms with van der Waals surface area (Å²) >= 11 is 5.99. The summed E-state index contributed by atoms with van der Waals surface area (Å²) < 4.78 is 0. The number of benzene rings is 1. The fraction of sp³-hybridized carbons (Fsp3) is 0.417. The molecule has 4 heteroatoms. The van der Waals surface area contributed by atoms with Crippen molar-refractivity contribution in [1.82, 2.24) is 5.32 Å².